The van der Waals surface area contributed by atoms with Gasteiger partial charge in [0.1, 0.15) is 11.4 Å². The minimum atomic E-state index is -0.591. The van der Waals surface area contributed by atoms with E-state index in [2.05, 4.69) is 5.32 Å². The molecule has 0 aliphatic heterocycles. The number of aliphatic hydroxyl groups is 1. The fraction of sp³-hybridized carbons (Fsp3) is 0.188. The van der Waals surface area contributed by atoms with Crippen LogP contribution in [0.2, 0.25) is 0 Å². The SMILES string of the molecule is Cc1cccc(C(=O)NCc2ccc(F)c(CO)c2)c1[N+](=O)[O-]. The molecule has 23 heavy (non-hydrogen) atoms. The molecule has 2 rings (SSSR count). The van der Waals surface area contributed by atoms with Crippen LogP contribution in [0.3, 0.4) is 0 Å². The van der Waals surface area contributed by atoms with Gasteiger partial charge < -0.3 is 10.4 Å². The number of para-hydroxylation sites is 1. The van der Waals surface area contributed by atoms with Gasteiger partial charge in [-0.2, -0.15) is 0 Å². The molecule has 0 aromatic heterocycles. The summed E-state index contributed by atoms with van der Waals surface area (Å²) >= 11 is 0. The molecule has 0 spiro atoms. The number of hydrogen-bond acceptors (Lipinski definition) is 4. The molecule has 0 saturated heterocycles. The number of benzene rings is 2. The van der Waals surface area contributed by atoms with E-state index in [9.17, 15) is 19.3 Å². The second-order valence-corrected chi connectivity index (χ2v) is 4.99. The van der Waals surface area contributed by atoms with E-state index in [0.717, 1.165) is 0 Å². The van der Waals surface area contributed by atoms with Crippen LogP contribution in [0, 0.1) is 22.9 Å². The summed E-state index contributed by atoms with van der Waals surface area (Å²) in [4.78, 5) is 22.7. The average Bonchev–Trinajstić information content (AvgIpc) is 2.53. The molecule has 0 bridgehead atoms. The molecule has 0 fully saturated rings. The van der Waals surface area contributed by atoms with Gasteiger partial charge in [-0.3, -0.25) is 14.9 Å². The quantitative estimate of drug-likeness (QED) is 0.654. The number of aryl methyl sites for hydroxylation is 1. The topological polar surface area (TPSA) is 92.5 Å². The van der Waals surface area contributed by atoms with Crippen LogP contribution in [-0.4, -0.2) is 15.9 Å². The van der Waals surface area contributed by atoms with Crippen LogP contribution in [0.5, 0.6) is 0 Å². The first-order valence-electron chi connectivity index (χ1n) is 6.84. The maximum absolute atomic E-state index is 13.3. The highest BCUT2D eigenvalue weighted by atomic mass is 19.1. The van der Waals surface area contributed by atoms with Crippen molar-refractivity contribution >= 4 is 11.6 Å². The lowest BCUT2D eigenvalue weighted by atomic mass is 10.1. The average molecular weight is 318 g/mol. The minimum Gasteiger partial charge on any atom is -0.392 e. The Balaban J connectivity index is 2.18. The lowest BCUT2D eigenvalue weighted by Gasteiger charge is -2.08. The first kappa shape index (κ1) is 16.6. The first-order valence-corrected chi connectivity index (χ1v) is 6.84. The summed E-state index contributed by atoms with van der Waals surface area (Å²) in [5, 5.41) is 22.7. The van der Waals surface area contributed by atoms with E-state index < -0.39 is 23.3 Å². The Labute approximate surface area is 131 Å². The number of nitro groups is 1. The predicted octanol–water partition coefficient (Wildman–Crippen LogP) is 2.46. The fourth-order valence-electron chi connectivity index (χ4n) is 2.22. The molecule has 0 aliphatic rings. The van der Waals surface area contributed by atoms with E-state index in [1.54, 1.807) is 19.1 Å². The van der Waals surface area contributed by atoms with Crippen LogP contribution in [0.4, 0.5) is 10.1 Å². The lowest BCUT2D eigenvalue weighted by Crippen LogP contribution is -2.24. The van der Waals surface area contributed by atoms with Crippen LogP contribution in [0.15, 0.2) is 36.4 Å². The van der Waals surface area contributed by atoms with Gasteiger partial charge in [0.25, 0.3) is 11.6 Å². The molecular formula is C16H15FN2O4. The van der Waals surface area contributed by atoms with Crippen molar-refractivity contribution in [3.63, 3.8) is 0 Å². The first-order chi connectivity index (χ1) is 10.9. The van der Waals surface area contributed by atoms with Crippen LogP contribution >= 0.6 is 0 Å². The molecule has 0 atom stereocenters. The number of halogens is 1. The summed E-state index contributed by atoms with van der Waals surface area (Å²) in [6, 6.07) is 8.60. The van der Waals surface area contributed by atoms with E-state index in [4.69, 9.17) is 5.11 Å². The standard InChI is InChI=1S/C16H15FN2O4/c1-10-3-2-4-13(15(10)19(22)23)16(21)18-8-11-5-6-14(17)12(7-11)9-20/h2-7,20H,8-9H2,1H3,(H,18,21). The van der Waals surface area contributed by atoms with Crippen LogP contribution in [-0.2, 0) is 13.2 Å². The number of carbonyl (C=O) groups is 1. The summed E-state index contributed by atoms with van der Waals surface area (Å²) in [5.41, 5.74) is 0.837. The number of nitrogens with zero attached hydrogens (tertiary/aromatic N) is 1. The highest BCUT2D eigenvalue weighted by molar-refractivity contribution is 5.98. The molecule has 0 heterocycles. The van der Waals surface area contributed by atoms with E-state index in [0.29, 0.717) is 11.1 Å². The molecule has 0 unspecified atom stereocenters. The molecule has 2 aromatic carbocycles. The van der Waals surface area contributed by atoms with Gasteiger partial charge in [0.15, 0.2) is 0 Å². The Bertz CT molecular complexity index is 762. The molecule has 2 aromatic rings. The van der Waals surface area contributed by atoms with Crippen molar-refractivity contribution in [1.29, 1.82) is 0 Å². The Kier molecular flexibility index (Phi) is 5.02. The van der Waals surface area contributed by atoms with E-state index in [1.165, 1.54) is 24.3 Å². The molecule has 2 N–H and O–H groups in total. The molecule has 120 valence electrons. The van der Waals surface area contributed by atoms with Crippen molar-refractivity contribution in [3.05, 3.63) is 74.6 Å². The van der Waals surface area contributed by atoms with Gasteiger partial charge in [-0.25, -0.2) is 4.39 Å². The summed E-state index contributed by atoms with van der Waals surface area (Å²) < 4.78 is 13.3. The van der Waals surface area contributed by atoms with Gasteiger partial charge in [0.2, 0.25) is 0 Å². The summed E-state index contributed by atoms with van der Waals surface area (Å²) in [5.74, 6) is -1.12. The van der Waals surface area contributed by atoms with Crippen LogP contribution < -0.4 is 5.32 Å². The number of nitro benzene ring substituents is 1. The Morgan fingerprint density at radius 3 is 2.74 bits per heavy atom. The Morgan fingerprint density at radius 2 is 2.09 bits per heavy atom. The third kappa shape index (κ3) is 3.70. The third-order valence-corrected chi connectivity index (χ3v) is 3.40. The second-order valence-electron chi connectivity index (χ2n) is 4.99. The molecule has 7 heteroatoms. The zero-order valence-corrected chi connectivity index (χ0v) is 12.4. The van der Waals surface area contributed by atoms with Crippen molar-refractivity contribution in [2.45, 2.75) is 20.1 Å². The van der Waals surface area contributed by atoms with Crippen molar-refractivity contribution in [3.8, 4) is 0 Å². The van der Waals surface area contributed by atoms with Gasteiger partial charge in [-0.05, 0) is 30.7 Å². The van der Waals surface area contributed by atoms with Crippen LogP contribution in [0.25, 0.3) is 0 Å². The Hall–Kier alpha value is -2.80. The van der Waals surface area contributed by atoms with Gasteiger partial charge >= 0.3 is 0 Å². The summed E-state index contributed by atoms with van der Waals surface area (Å²) in [7, 11) is 0. The van der Waals surface area contributed by atoms with Crippen LogP contribution in [0.1, 0.15) is 27.0 Å². The lowest BCUT2D eigenvalue weighted by molar-refractivity contribution is -0.385. The zero-order valence-electron chi connectivity index (χ0n) is 12.4. The van der Waals surface area contributed by atoms with Gasteiger partial charge in [-0.1, -0.05) is 18.2 Å². The number of hydrogen-bond donors (Lipinski definition) is 2. The zero-order chi connectivity index (χ0) is 17.0. The molecule has 0 aliphatic carbocycles. The maximum Gasteiger partial charge on any atom is 0.285 e. The van der Waals surface area contributed by atoms with E-state index in [-0.39, 0.29) is 23.4 Å². The highest BCUT2D eigenvalue weighted by Gasteiger charge is 2.22. The normalized spacial score (nSPS) is 10.4. The fourth-order valence-corrected chi connectivity index (χ4v) is 2.22. The largest absolute Gasteiger partial charge is 0.392 e. The van der Waals surface area contributed by atoms with Crippen molar-refractivity contribution < 1.29 is 19.2 Å². The molecule has 1 amide bonds. The number of nitrogens with one attached hydrogen (secondary N) is 1. The monoisotopic (exact) mass is 318 g/mol. The molecule has 6 nitrogen and oxygen atoms in total. The van der Waals surface area contributed by atoms with Crippen molar-refractivity contribution in [2.75, 3.05) is 0 Å². The Morgan fingerprint density at radius 1 is 1.35 bits per heavy atom. The smallest absolute Gasteiger partial charge is 0.285 e. The number of carbonyl (C=O) groups excluding carboxylic acids is 1. The number of amides is 1. The maximum atomic E-state index is 13.3. The van der Waals surface area contributed by atoms with Gasteiger partial charge in [0.05, 0.1) is 11.5 Å². The van der Waals surface area contributed by atoms with Gasteiger partial charge in [-0.15, -0.1) is 0 Å². The minimum absolute atomic E-state index is 0.0282. The molecule has 0 radical (unpaired) electrons. The second kappa shape index (κ2) is 6.97. The van der Waals surface area contributed by atoms with E-state index in [1.807, 2.05) is 0 Å². The summed E-state index contributed by atoms with van der Waals surface area (Å²) in [6.45, 7) is 1.18. The third-order valence-electron chi connectivity index (χ3n) is 3.40. The van der Waals surface area contributed by atoms with Crippen molar-refractivity contribution in [2.24, 2.45) is 0 Å². The highest BCUT2D eigenvalue weighted by Crippen LogP contribution is 2.23. The number of rotatable bonds is 5. The molecular weight excluding hydrogens is 303 g/mol. The molecule has 0 saturated carbocycles. The van der Waals surface area contributed by atoms with E-state index >= 15 is 0 Å². The summed E-state index contributed by atoms with van der Waals surface area (Å²) in [6.07, 6.45) is 0. The predicted molar refractivity (Wildman–Crippen MR) is 81.3 cm³/mol. The van der Waals surface area contributed by atoms with Gasteiger partial charge in [0, 0.05) is 17.7 Å². The van der Waals surface area contributed by atoms with Crippen molar-refractivity contribution in [1.82, 2.24) is 5.32 Å². The number of aliphatic hydroxyl groups excluding tert-OH is 1.